The average molecular weight is 306 g/mol. The van der Waals surface area contributed by atoms with Gasteiger partial charge in [0.2, 0.25) is 11.8 Å². The predicted octanol–water partition coefficient (Wildman–Crippen LogP) is 1.49. The van der Waals surface area contributed by atoms with E-state index < -0.39 is 0 Å². The van der Waals surface area contributed by atoms with E-state index in [9.17, 15) is 9.59 Å². The van der Waals surface area contributed by atoms with Gasteiger partial charge < -0.3 is 16.4 Å². The van der Waals surface area contributed by atoms with Gasteiger partial charge in [-0.05, 0) is 46.0 Å². The molecule has 1 aliphatic carbocycles. The lowest BCUT2D eigenvalue weighted by Crippen LogP contribution is -2.40. The zero-order valence-corrected chi connectivity index (χ0v) is 13.3. The van der Waals surface area contributed by atoms with E-state index >= 15 is 0 Å². The third kappa shape index (κ3) is 8.38. The highest BCUT2D eigenvalue weighted by Gasteiger charge is 2.19. The van der Waals surface area contributed by atoms with Crippen LogP contribution in [0.25, 0.3) is 0 Å². The lowest BCUT2D eigenvalue weighted by Gasteiger charge is -2.26. The highest BCUT2D eigenvalue weighted by molar-refractivity contribution is 5.85. The van der Waals surface area contributed by atoms with Crippen molar-refractivity contribution in [1.29, 1.82) is 0 Å². The molecule has 20 heavy (non-hydrogen) atoms. The van der Waals surface area contributed by atoms with Gasteiger partial charge in [0.1, 0.15) is 0 Å². The maximum absolute atomic E-state index is 11.7. The van der Waals surface area contributed by atoms with Crippen molar-refractivity contribution in [3.8, 4) is 0 Å². The second-order valence-electron chi connectivity index (χ2n) is 5.75. The summed E-state index contributed by atoms with van der Waals surface area (Å²) in [6.45, 7) is 3.86. The summed E-state index contributed by atoms with van der Waals surface area (Å²) in [6.07, 6.45) is 5.37. The van der Waals surface area contributed by atoms with Gasteiger partial charge in [-0.15, -0.1) is 12.4 Å². The Bertz CT molecular complexity index is 303. The van der Waals surface area contributed by atoms with Crippen LogP contribution >= 0.6 is 12.4 Å². The molecule has 0 radical (unpaired) electrons. The van der Waals surface area contributed by atoms with Gasteiger partial charge in [0.15, 0.2) is 0 Å². The second kappa shape index (κ2) is 10.00. The molecule has 1 fully saturated rings. The topological polar surface area (TPSA) is 84.2 Å². The molecule has 1 rings (SSSR count). The van der Waals surface area contributed by atoms with Crippen LogP contribution in [0.1, 0.15) is 58.8 Å². The minimum absolute atomic E-state index is 0. The minimum Gasteiger partial charge on any atom is -0.354 e. The summed E-state index contributed by atoms with van der Waals surface area (Å²) in [5.74, 6) is 0.0734. The van der Waals surface area contributed by atoms with Crippen LogP contribution in [-0.2, 0) is 9.59 Å². The van der Waals surface area contributed by atoms with Crippen molar-refractivity contribution >= 4 is 24.2 Å². The first-order chi connectivity index (χ1) is 8.97. The van der Waals surface area contributed by atoms with Gasteiger partial charge in [0, 0.05) is 31.0 Å². The van der Waals surface area contributed by atoms with Crippen LogP contribution in [0.15, 0.2) is 0 Å². The van der Waals surface area contributed by atoms with Gasteiger partial charge in [-0.2, -0.15) is 0 Å². The standard InChI is InChI=1S/C14H27N3O2.ClH/c1-10(2)16-13(18)4-3-5-14(19)17-12-8-6-11(15)7-9-12;/h10-12H,3-9,15H2,1-2H3,(H,16,18)(H,17,19);1H. The summed E-state index contributed by atoms with van der Waals surface area (Å²) in [4.78, 5) is 23.1. The first-order valence-electron chi connectivity index (χ1n) is 7.31. The highest BCUT2D eigenvalue weighted by atomic mass is 35.5. The molecule has 0 bridgehead atoms. The molecular formula is C14H28ClN3O2. The van der Waals surface area contributed by atoms with Crippen molar-refractivity contribution in [2.24, 2.45) is 5.73 Å². The first kappa shape index (κ1) is 19.2. The lowest BCUT2D eigenvalue weighted by atomic mass is 9.92. The molecule has 0 atom stereocenters. The minimum atomic E-state index is 0. The molecule has 4 N–H and O–H groups in total. The number of hydrogen-bond donors (Lipinski definition) is 3. The van der Waals surface area contributed by atoms with E-state index in [1.54, 1.807) is 0 Å². The van der Waals surface area contributed by atoms with Crippen molar-refractivity contribution < 1.29 is 9.59 Å². The van der Waals surface area contributed by atoms with Crippen molar-refractivity contribution in [3.05, 3.63) is 0 Å². The molecule has 2 amide bonds. The van der Waals surface area contributed by atoms with Gasteiger partial charge >= 0.3 is 0 Å². The van der Waals surface area contributed by atoms with Gasteiger partial charge in [-0.1, -0.05) is 0 Å². The largest absolute Gasteiger partial charge is 0.354 e. The van der Waals surface area contributed by atoms with Crippen LogP contribution in [0.2, 0.25) is 0 Å². The second-order valence-corrected chi connectivity index (χ2v) is 5.75. The molecule has 1 aliphatic rings. The SMILES string of the molecule is CC(C)NC(=O)CCCC(=O)NC1CCC(N)CC1.Cl. The Morgan fingerprint density at radius 1 is 1.10 bits per heavy atom. The van der Waals surface area contributed by atoms with Crippen molar-refractivity contribution in [2.45, 2.75) is 76.9 Å². The zero-order valence-electron chi connectivity index (χ0n) is 12.5. The average Bonchev–Trinajstić information content (AvgIpc) is 2.31. The van der Waals surface area contributed by atoms with E-state index in [4.69, 9.17) is 5.73 Å². The van der Waals surface area contributed by atoms with E-state index in [2.05, 4.69) is 10.6 Å². The predicted molar refractivity (Wildman–Crippen MR) is 82.8 cm³/mol. The van der Waals surface area contributed by atoms with E-state index in [1.165, 1.54) is 0 Å². The Morgan fingerprint density at radius 2 is 1.65 bits per heavy atom. The number of carbonyl (C=O) groups is 2. The lowest BCUT2D eigenvalue weighted by molar-refractivity contribution is -0.123. The molecule has 0 unspecified atom stereocenters. The van der Waals surface area contributed by atoms with Crippen LogP contribution in [0.3, 0.4) is 0 Å². The van der Waals surface area contributed by atoms with Gasteiger partial charge in [-0.25, -0.2) is 0 Å². The summed E-state index contributed by atoms with van der Waals surface area (Å²) in [7, 11) is 0. The third-order valence-electron chi connectivity index (χ3n) is 3.39. The zero-order chi connectivity index (χ0) is 14.3. The number of carbonyl (C=O) groups excluding carboxylic acids is 2. The summed E-state index contributed by atoms with van der Waals surface area (Å²) in [6, 6.07) is 0.734. The fourth-order valence-corrected chi connectivity index (χ4v) is 2.37. The first-order valence-corrected chi connectivity index (χ1v) is 7.31. The van der Waals surface area contributed by atoms with Crippen LogP contribution in [-0.4, -0.2) is 29.9 Å². The number of rotatable bonds is 6. The summed E-state index contributed by atoms with van der Waals surface area (Å²) < 4.78 is 0. The summed E-state index contributed by atoms with van der Waals surface area (Å²) in [5, 5.41) is 5.85. The molecule has 0 aromatic carbocycles. The van der Waals surface area contributed by atoms with Crippen molar-refractivity contribution in [3.63, 3.8) is 0 Å². The molecule has 0 spiro atoms. The number of nitrogens with two attached hydrogens (primary N) is 1. The van der Waals surface area contributed by atoms with Crippen LogP contribution in [0.5, 0.6) is 0 Å². The van der Waals surface area contributed by atoms with Crippen molar-refractivity contribution in [1.82, 2.24) is 10.6 Å². The Kier molecular flexibility index (Phi) is 9.59. The van der Waals surface area contributed by atoms with Crippen LogP contribution in [0, 0.1) is 0 Å². The molecule has 0 aromatic rings. The van der Waals surface area contributed by atoms with Crippen LogP contribution in [0.4, 0.5) is 0 Å². The number of nitrogens with one attached hydrogen (secondary N) is 2. The number of amides is 2. The number of hydrogen-bond acceptors (Lipinski definition) is 3. The fourth-order valence-electron chi connectivity index (χ4n) is 2.37. The highest BCUT2D eigenvalue weighted by Crippen LogP contribution is 2.17. The van der Waals surface area contributed by atoms with Crippen LogP contribution < -0.4 is 16.4 Å². The fraction of sp³-hybridized carbons (Fsp3) is 0.857. The maximum Gasteiger partial charge on any atom is 0.220 e. The van der Waals surface area contributed by atoms with E-state index in [0.29, 0.717) is 25.3 Å². The van der Waals surface area contributed by atoms with E-state index in [-0.39, 0.29) is 36.3 Å². The Morgan fingerprint density at radius 3 is 2.20 bits per heavy atom. The Labute approximate surface area is 127 Å². The molecular weight excluding hydrogens is 278 g/mol. The van der Waals surface area contributed by atoms with Gasteiger partial charge in [-0.3, -0.25) is 9.59 Å². The molecule has 5 nitrogen and oxygen atoms in total. The summed E-state index contributed by atoms with van der Waals surface area (Å²) >= 11 is 0. The molecule has 1 saturated carbocycles. The molecule has 0 saturated heterocycles. The van der Waals surface area contributed by atoms with Gasteiger partial charge in [0.25, 0.3) is 0 Å². The molecule has 0 aromatic heterocycles. The normalized spacial score (nSPS) is 22.0. The Hall–Kier alpha value is -0.810. The quantitative estimate of drug-likeness (QED) is 0.695. The smallest absolute Gasteiger partial charge is 0.220 e. The maximum atomic E-state index is 11.7. The molecule has 6 heteroatoms. The van der Waals surface area contributed by atoms with E-state index in [0.717, 1.165) is 25.7 Å². The van der Waals surface area contributed by atoms with Crippen molar-refractivity contribution in [2.75, 3.05) is 0 Å². The molecule has 0 heterocycles. The molecule has 118 valence electrons. The third-order valence-corrected chi connectivity index (χ3v) is 3.39. The molecule has 0 aliphatic heterocycles. The van der Waals surface area contributed by atoms with Gasteiger partial charge in [0.05, 0.1) is 0 Å². The summed E-state index contributed by atoms with van der Waals surface area (Å²) in [5.41, 5.74) is 5.82. The number of halogens is 1. The Balaban J connectivity index is 0.00000361. The van der Waals surface area contributed by atoms with E-state index in [1.807, 2.05) is 13.8 Å². The monoisotopic (exact) mass is 305 g/mol.